The summed E-state index contributed by atoms with van der Waals surface area (Å²) in [5, 5.41) is 6.20. The summed E-state index contributed by atoms with van der Waals surface area (Å²) >= 11 is 3.38. The number of hydrogen-bond acceptors (Lipinski definition) is 4. The average molecular weight is 329 g/mol. The number of ether oxygens (including phenoxy) is 2. The van der Waals surface area contributed by atoms with Crippen LogP contribution in [0.4, 0.5) is 0 Å². The summed E-state index contributed by atoms with van der Waals surface area (Å²) in [6.45, 7) is 1.76. The van der Waals surface area contributed by atoms with Gasteiger partial charge in [-0.2, -0.15) is 0 Å². The molecule has 0 aromatic heterocycles. The summed E-state index contributed by atoms with van der Waals surface area (Å²) in [6.07, 6.45) is 0.955. The zero-order valence-electron chi connectivity index (χ0n) is 11.0. The second-order valence-corrected chi connectivity index (χ2v) is 5.15. The molecule has 6 heteroatoms. The first-order chi connectivity index (χ1) is 9.15. The molecule has 1 atom stereocenters. The van der Waals surface area contributed by atoms with E-state index in [1.165, 1.54) is 0 Å². The molecule has 0 radical (unpaired) electrons. The average Bonchev–Trinajstić information content (AvgIpc) is 2.91. The molecule has 1 fully saturated rings. The Hall–Kier alpha value is -1.27. The Morgan fingerprint density at radius 3 is 2.47 bits per heavy atom. The zero-order chi connectivity index (χ0) is 13.8. The van der Waals surface area contributed by atoms with E-state index in [0.29, 0.717) is 21.5 Å². The third kappa shape index (κ3) is 3.19. The summed E-state index contributed by atoms with van der Waals surface area (Å²) in [4.78, 5) is 12.2. The highest BCUT2D eigenvalue weighted by Gasteiger charge is 2.19. The first-order valence-electron chi connectivity index (χ1n) is 6.08. The van der Waals surface area contributed by atoms with E-state index in [-0.39, 0.29) is 11.9 Å². The van der Waals surface area contributed by atoms with Gasteiger partial charge in [0.25, 0.3) is 5.91 Å². The molecule has 1 aliphatic rings. The van der Waals surface area contributed by atoms with Gasteiger partial charge in [-0.15, -0.1) is 0 Å². The Kier molecular flexibility index (Phi) is 4.66. The highest BCUT2D eigenvalue weighted by Crippen LogP contribution is 2.35. The lowest BCUT2D eigenvalue weighted by atomic mass is 10.1. The van der Waals surface area contributed by atoms with Crippen LogP contribution in [0.3, 0.4) is 0 Å². The second-order valence-electron chi connectivity index (χ2n) is 4.36. The van der Waals surface area contributed by atoms with Gasteiger partial charge in [0.1, 0.15) is 16.0 Å². The first kappa shape index (κ1) is 14.1. The third-order valence-electron chi connectivity index (χ3n) is 3.10. The number of amides is 1. The van der Waals surface area contributed by atoms with Gasteiger partial charge < -0.3 is 20.1 Å². The van der Waals surface area contributed by atoms with Crippen molar-refractivity contribution < 1.29 is 14.3 Å². The molecule has 104 valence electrons. The van der Waals surface area contributed by atoms with E-state index in [0.717, 1.165) is 19.5 Å². The molecule has 0 saturated carbocycles. The van der Waals surface area contributed by atoms with Crippen molar-refractivity contribution in [3.63, 3.8) is 0 Å². The number of carbonyl (C=O) groups excluding carboxylic acids is 1. The second kappa shape index (κ2) is 6.25. The minimum atomic E-state index is -0.113. The van der Waals surface area contributed by atoms with Crippen molar-refractivity contribution in [2.24, 2.45) is 0 Å². The normalized spacial score (nSPS) is 18.2. The quantitative estimate of drug-likeness (QED) is 0.880. The van der Waals surface area contributed by atoms with Crippen molar-refractivity contribution in [3.8, 4) is 11.5 Å². The number of benzene rings is 1. The van der Waals surface area contributed by atoms with E-state index in [4.69, 9.17) is 9.47 Å². The fraction of sp³-hybridized carbons (Fsp3) is 0.462. The van der Waals surface area contributed by atoms with Gasteiger partial charge in [-0.3, -0.25) is 4.79 Å². The number of rotatable bonds is 4. The Labute approximate surface area is 120 Å². The molecule has 1 aliphatic heterocycles. The van der Waals surface area contributed by atoms with Gasteiger partial charge in [0.15, 0.2) is 0 Å². The summed E-state index contributed by atoms with van der Waals surface area (Å²) < 4.78 is 11.2. The van der Waals surface area contributed by atoms with Crippen LogP contribution in [0.2, 0.25) is 0 Å². The highest BCUT2D eigenvalue weighted by molar-refractivity contribution is 9.10. The molecule has 1 amide bonds. The summed E-state index contributed by atoms with van der Waals surface area (Å²) in [6, 6.07) is 3.59. The van der Waals surface area contributed by atoms with Gasteiger partial charge in [-0.25, -0.2) is 0 Å². The SMILES string of the molecule is COc1cc(C(=O)NC2CCNC2)cc(OC)c1Br. The van der Waals surface area contributed by atoms with E-state index in [9.17, 15) is 4.79 Å². The van der Waals surface area contributed by atoms with Crippen LogP contribution in [0.15, 0.2) is 16.6 Å². The largest absolute Gasteiger partial charge is 0.495 e. The van der Waals surface area contributed by atoms with E-state index < -0.39 is 0 Å². The van der Waals surface area contributed by atoms with Crippen LogP contribution in [-0.4, -0.2) is 39.3 Å². The van der Waals surface area contributed by atoms with E-state index >= 15 is 0 Å². The van der Waals surface area contributed by atoms with Crippen molar-refractivity contribution in [2.45, 2.75) is 12.5 Å². The Morgan fingerprint density at radius 1 is 1.37 bits per heavy atom. The fourth-order valence-electron chi connectivity index (χ4n) is 2.05. The van der Waals surface area contributed by atoms with Gasteiger partial charge in [-0.05, 0) is 41.0 Å². The van der Waals surface area contributed by atoms with Crippen molar-refractivity contribution in [2.75, 3.05) is 27.3 Å². The maximum Gasteiger partial charge on any atom is 0.251 e. The topological polar surface area (TPSA) is 59.6 Å². The standard InChI is InChI=1S/C13H17BrN2O3/c1-18-10-5-8(6-11(19-2)12(10)14)13(17)16-9-3-4-15-7-9/h5-6,9,15H,3-4,7H2,1-2H3,(H,16,17). The van der Waals surface area contributed by atoms with Crippen molar-refractivity contribution in [3.05, 3.63) is 22.2 Å². The molecule has 1 unspecified atom stereocenters. The predicted octanol–water partition coefficient (Wildman–Crippen LogP) is 1.56. The molecule has 1 saturated heterocycles. The van der Waals surface area contributed by atoms with E-state index in [1.807, 2.05) is 0 Å². The lowest BCUT2D eigenvalue weighted by Crippen LogP contribution is -2.36. The molecular formula is C13H17BrN2O3. The van der Waals surface area contributed by atoms with Gasteiger partial charge in [0, 0.05) is 18.2 Å². The maximum atomic E-state index is 12.2. The van der Waals surface area contributed by atoms with E-state index in [2.05, 4.69) is 26.6 Å². The smallest absolute Gasteiger partial charge is 0.251 e. The lowest BCUT2D eigenvalue weighted by molar-refractivity contribution is 0.0939. The number of hydrogen-bond donors (Lipinski definition) is 2. The summed E-state index contributed by atoms with van der Waals surface area (Å²) in [5.74, 6) is 1.04. The Balaban J connectivity index is 2.20. The molecule has 19 heavy (non-hydrogen) atoms. The maximum absolute atomic E-state index is 12.2. The van der Waals surface area contributed by atoms with Crippen LogP contribution in [0, 0.1) is 0 Å². The van der Waals surface area contributed by atoms with Crippen LogP contribution < -0.4 is 20.1 Å². The molecule has 1 aromatic carbocycles. The summed E-state index contributed by atoms with van der Waals surface area (Å²) in [5.41, 5.74) is 0.531. The van der Waals surface area contributed by atoms with Crippen molar-refractivity contribution in [1.29, 1.82) is 0 Å². The van der Waals surface area contributed by atoms with Crippen LogP contribution in [-0.2, 0) is 0 Å². The van der Waals surface area contributed by atoms with Crippen LogP contribution in [0.1, 0.15) is 16.8 Å². The molecular weight excluding hydrogens is 312 g/mol. The molecule has 0 aliphatic carbocycles. The minimum absolute atomic E-state index is 0.113. The van der Waals surface area contributed by atoms with Crippen LogP contribution in [0.25, 0.3) is 0 Å². The predicted molar refractivity (Wildman–Crippen MR) is 76.0 cm³/mol. The molecule has 0 spiro atoms. The molecule has 1 aromatic rings. The van der Waals surface area contributed by atoms with Crippen LogP contribution in [0.5, 0.6) is 11.5 Å². The van der Waals surface area contributed by atoms with Gasteiger partial charge >= 0.3 is 0 Å². The molecule has 0 bridgehead atoms. The zero-order valence-corrected chi connectivity index (χ0v) is 12.5. The lowest BCUT2D eigenvalue weighted by Gasteiger charge is -2.14. The Morgan fingerprint density at radius 2 is 2.00 bits per heavy atom. The number of carbonyl (C=O) groups is 1. The van der Waals surface area contributed by atoms with E-state index in [1.54, 1.807) is 26.4 Å². The first-order valence-corrected chi connectivity index (χ1v) is 6.88. The van der Waals surface area contributed by atoms with Gasteiger partial charge in [0.2, 0.25) is 0 Å². The number of halogens is 1. The number of nitrogens with one attached hydrogen (secondary N) is 2. The van der Waals surface area contributed by atoms with Crippen molar-refractivity contribution in [1.82, 2.24) is 10.6 Å². The summed E-state index contributed by atoms with van der Waals surface area (Å²) in [7, 11) is 3.12. The minimum Gasteiger partial charge on any atom is -0.495 e. The third-order valence-corrected chi connectivity index (χ3v) is 3.88. The van der Waals surface area contributed by atoms with Crippen LogP contribution >= 0.6 is 15.9 Å². The Bertz CT molecular complexity index is 448. The fourth-order valence-corrected chi connectivity index (χ4v) is 2.60. The molecule has 5 nitrogen and oxygen atoms in total. The van der Waals surface area contributed by atoms with Gasteiger partial charge in [-0.1, -0.05) is 0 Å². The molecule has 2 rings (SSSR count). The van der Waals surface area contributed by atoms with Gasteiger partial charge in [0.05, 0.1) is 14.2 Å². The monoisotopic (exact) mass is 328 g/mol. The van der Waals surface area contributed by atoms with Crippen molar-refractivity contribution >= 4 is 21.8 Å². The highest BCUT2D eigenvalue weighted by atomic mass is 79.9. The molecule has 1 heterocycles. The number of methoxy groups -OCH3 is 2. The molecule has 2 N–H and O–H groups in total.